The van der Waals surface area contributed by atoms with Gasteiger partial charge in [-0.2, -0.15) is 0 Å². The molecule has 0 aliphatic carbocycles. The van der Waals surface area contributed by atoms with Crippen LogP contribution in [0.1, 0.15) is 12.0 Å². The summed E-state index contributed by atoms with van der Waals surface area (Å²) in [5, 5.41) is 5.50. The summed E-state index contributed by atoms with van der Waals surface area (Å²) in [6, 6.07) is 13.5. The van der Waals surface area contributed by atoms with Crippen LogP contribution in [0.4, 0.5) is 15.8 Å². The van der Waals surface area contributed by atoms with E-state index in [4.69, 9.17) is 0 Å². The molecule has 0 bridgehead atoms. The van der Waals surface area contributed by atoms with Gasteiger partial charge in [-0.05, 0) is 36.2 Å². The smallest absolute Gasteiger partial charge is 0.243 e. The first kappa shape index (κ1) is 18.4. The first-order valence-corrected chi connectivity index (χ1v) is 8.03. The molecule has 25 heavy (non-hydrogen) atoms. The second kappa shape index (κ2) is 8.82. The Kier molecular flexibility index (Phi) is 6.51. The fourth-order valence-electron chi connectivity index (χ4n) is 2.21. The van der Waals surface area contributed by atoms with Crippen molar-refractivity contribution in [1.82, 2.24) is 4.90 Å². The third-order valence-electron chi connectivity index (χ3n) is 3.68. The maximum Gasteiger partial charge on any atom is 0.243 e. The molecule has 0 atom stereocenters. The molecule has 0 fully saturated rings. The summed E-state index contributed by atoms with van der Waals surface area (Å²) < 4.78 is 13.5. The van der Waals surface area contributed by atoms with Crippen LogP contribution in [0.5, 0.6) is 0 Å². The van der Waals surface area contributed by atoms with E-state index < -0.39 is 5.82 Å². The predicted molar refractivity (Wildman–Crippen MR) is 97.0 cm³/mol. The lowest BCUT2D eigenvalue weighted by Crippen LogP contribution is -2.22. The van der Waals surface area contributed by atoms with E-state index in [2.05, 4.69) is 10.6 Å². The normalized spacial score (nSPS) is 10.2. The minimum absolute atomic E-state index is 0.0278. The van der Waals surface area contributed by atoms with Crippen LogP contribution in [0, 0.1) is 5.82 Å². The second-order valence-corrected chi connectivity index (χ2v) is 5.87. The van der Waals surface area contributed by atoms with Gasteiger partial charge in [-0.3, -0.25) is 9.59 Å². The summed E-state index contributed by atoms with van der Waals surface area (Å²) in [6.07, 6.45) is 1.10. The molecule has 0 saturated heterocycles. The average Bonchev–Trinajstić information content (AvgIpc) is 2.60. The molecular weight excluding hydrogens is 321 g/mol. The van der Waals surface area contributed by atoms with Crippen molar-refractivity contribution in [2.45, 2.75) is 12.8 Å². The lowest BCUT2D eigenvalue weighted by atomic mass is 10.1. The van der Waals surface area contributed by atoms with E-state index in [-0.39, 0.29) is 18.4 Å². The van der Waals surface area contributed by atoms with Gasteiger partial charge in [-0.1, -0.05) is 24.3 Å². The SMILES string of the molecule is CN(C)C(=O)CCc1ccc(NC(=O)CNc2ccccc2F)cc1. The van der Waals surface area contributed by atoms with Crippen LogP contribution >= 0.6 is 0 Å². The lowest BCUT2D eigenvalue weighted by molar-refractivity contribution is -0.128. The molecule has 2 aromatic carbocycles. The molecule has 2 amide bonds. The van der Waals surface area contributed by atoms with Crippen LogP contribution < -0.4 is 10.6 Å². The molecule has 132 valence electrons. The fraction of sp³-hybridized carbons (Fsp3) is 0.263. The van der Waals surface area contributed by atoms with Gasteiger partial charge in [0.1, 0.15) is 5.82 Å². The highest BCUT2D eigenvalue weighted by molar-refractivity contribution is 5.93. The summed E-state index contributed by atoms with van der Waals surface area (Å²) in [4.78, 5) is 25.1. The topological polar surface area (TPSA) is 61.4 Å². The molecule has 5 nitrogen and oxygen atoms in total. The zero-order valence-corrected chi connectivity index (χ0v) is 14.4. The van der Waals surface area contributed by atoms with Crippen LogP contribution in [0.2, 0.25) is 0 Å². The summed E-state index contributed by atoms with van der Waals surface area (Å²) in [7, 11) is 3.46. The number of nitrogens with zero attached hydrogens (tertiary/aromatic N) is 1. The number of anilines is 2. The van der Waals surface area contributed by atoms with Gasteiger partial charge in [0, 0.05) is 26.2 Å². The molecule has 0 aliphatic rings. The quantitative estimate of drug-likeness (QED) is 0.813. The van der Waals surface area contributed by atoms with Gasteiger partial charge in [0.2, 0.25) is 11.8 Å². The van der Waals surface area contributed by atoms with E-state index in [1.807, 2.05) is 12.1 Å². The Morgan fingerprint density at radius 1 is 1.04 bits per heavy atom. The Labute approximate surface area is 146 Å². The Morgan fingerprint density at radius 2 is 1.72 bits per heavy atom. The van der Waals surface area contributed by atoms with Crippen molar-refractivity contribution in [3.63, 3.8) is 0 Å². The molecule has 0 saturated carbocycles. The molecule has 0 aliphatic heterocycles. The second-order valence-electron chi connectivity index (χ2n) is 5.87. The van der Waals surface area contributed by atoms with Crippen molar-refractivity contribution in [2.75, 3.05) is 31.3 Å². The van der Waals surface area contributed by atoms with Crippen molar-refractivity contribution >= 4 is 23.2 Å². The van der Waals surface area contributed by atoms with Gasteiger partial charge in [-0.25, -0.2) is 4.39 Å². The standard InChI is InChI=1S/C19H22FN3O2/c1-23(2)19(25)12-9-14-7-10-15(11-8-14)22-18(24)13-21-17-6-4-3-5-16(17)20/h3-8,10-11,21H,9,12-13H2,1-2H3,(H,22,24). The van der Waals surface area contributed by atoms with Gasteiger partial charge in [-0.15, -0.1) is 0 Å². The number of para-hydroxylation sites is 1. The number of amides is 2. The van der Waals surface area contributed by atoms with Crippen molar-refractivity contribution in [3.05, 3.63) is 59.9 Å². The van der Waals surface area contributed by atoms with Gasteiger partial charge >= 0.3 is 0 Å². The Morgan fingerprint density at radius 3 is 2.36 bits per heavy atom. The minimum Gasteiger partial charge on any atom is -0.374 e. The number of benzene rings is 2. The average molecular weight is 343 g/mol. The fourth-order valence-corrected chi connectivity index (χ4v) is 2.21. The van der Waals surface area contributed by atoms with Gasteiger partial charge in [0.25, 0.3) is 0 Å². The molecule has 2 rings (SSSR count). The maximum atomic E-state index is 13.5. The molecule has 2 N–H and O–H groups in total. The number of carbonyl (C=O) groups excluding carboxylic acids is 2. The molecule has 0 aromatic heterocycles. The molecule has 0 unspecified atom stereocenters. The number of aryl methyl sites for hydroxylation is 1. The minimum atomic E-state index is -0.396. The van der Waals surface area contributed by atoms with E-state index >= 15 is 0 Å². The third kappa shape index (κ3) is 5.91. The number of carbonyl (C=O) groups is 2. The molecule has 2 aromatic rings. The summed E-state index contributed by atoms with van der Waals surface area (Å²) >= 11 is 0. The Balaban J connectivity index is 1.81. The number of halogens is 1. The van der Waals surface area contributed by atoms with Crippen LogP contribution in [0.15, 0.2) is 48.5 Å². The van der Waals surface area contributed by atoms with E-state index in [9.17, 15) is 14.0 Å². The van der Waals surface area contributed by atoms with Gasteiger partial charge in [0.15, 0.2) is 0 Å². The highest BCUT2D eigenvalue weighted by Gasteiger charge is 2.06. The number of rotatable bonds is 7. The van der Waals surface area contributed by atoms with Crippen LogP contribution in [0.3, 0.4) is 0 Å². The summed E-state index contributed by atoms with van der Waals surface area (Å²) in [6.45, 7) is -0.0278. The molecule has 6 heteroatoms. The monoisotopic (exact) mass is 343 g/mol. The number of nitrogens with one attached hydrogen (secondary N) is 2. The number of hydrogen-bond donors (Lipinski definition) is 2. The zero-order chi connectivity index (χ0) is 18.2. The molecular formula is C19H22FN3O2. The van der Waals surface area contributed by atoms with Crippen LogP contribution in [-0.4, -0.2) is 37.4 Å². The summed E-state index contributed by atoms with van der Waals surface area (Å²) in [5.41, 5.74) is 1.97. The largest absolute Gasteiger partial charge is 0.374 e. The zero-order valence-electron chi connectivity index (χ0n) is 14.4. The summed E-state index contributed by atoms with van der Waals surface area (Å²) in [5.74, 6) is -0.581. The Hall–Kier alpha value is -2.89. The third-order valence-corrected chi connectivity index (χ3v) is 3.68. The van der Waals surface area contributed by atoms with Crippen LogP contribution in [-0.2, 0) is 16.0 Å². The van der Waals surface area contributed by atoms with Crippen molar-refractivity contribution < 1.29 is 14.0 Å². The van der Waals surface area contributed by atoms with E-state index in [0.717, 1.165) is 5.56 Å². The van der Waals surface area contributed by atoms with E-state index in [1.165, 1.54) is 6.07 Å². The van der Waals surface area contributed by atoms with Gasteiger partial charge in [0.05, 0.1) is 12.2 Å². The van der Waals surface area contributed by atoms with E-state index in [1.54, 1.807) is 49.3 Å². The van der Waals surface area contributed by atoms with Crippen molar-refractivity contribution in [1.29, 1.82) is 0 Å². The molecule has 0 spiro atoms. The Bertz CT molecular complexity index is 730. The molecule has 0 radical (unpaired) electrons. The van der Waals surface area contributed by atoms with E-state index in [0.29, 0.717) is 24.2 Å². The molecule has 0 heterocycles. The highest BCUT2D eigenvalue weighted by atomic mass is 19.1. The lowest BCUT2D eigenvalue weighted by Gasteiger charge is -2.11. The van der Waals surface area contributed by atoms with Crippen LogP contribution in [0.25, 0.3) is 0 Å². The van der Waals surface area contributed by atoms with Crippen molar-refractivity contribution in [2.24, 2.45) is 0 Å². The predicted octanol–water partition coefficient (Wildman–Crippen LogP) is 2.90. The van der Waals surface area contributed by atoms with Crippen molar-refractivity contribution in [3.8, 4) is 0 Å². The maximum absolute atomic E-state index is 13.5. The number of hydrogen-bond acceptors (Lipinski definition) is 3. The first-order valence-electron chi connectivity index (χ1n) is 8.03. The highest BCUT2D eigenvalue weighted by Crippen LogP contribution is 2.13. The first-order chi connectivity index (χ1) is 12.0. The van der Waals surface area contributed by atoms with Gasteiger partial charge < -0.3 is 15.5 Å².